The lowest BCUT2D eigenvalue weighted by Crippen LogP contribution is -2.20. The number of methoxy groups -OCH3 is 1. The summed E-state index contributed by atoms with van der Waals surface area (Å²) in [7, 11) is 1.28. The van der Waals surface area contributed by atoms with Crippen LogP contribution in [0.25, 0.3) is 0 Å². The average molecular weight is 361 g/mol. The second-order valence-corrected chi connectivity index (χ2v) is 5.13. The Kier molecular flexibility index (Phi) is 5.68. The van der Waals surface area contributed by atoms with Gasteiger partial charge in [-0.3, -0.25) is 25.0 Å². The van der Waals surface area contributed by atoms with Gasteiger partial charge in [0.15, 0.2) is 6.61 Å². The van der Waals surface area contributed by atoms with Gasteiger partial charge in [0, 0.05) is 18.2 Å². The van der Waals surface area contributed by atoms with Crippen LogP contribution in [0.1, 0.15) is 5.56 Å². The number of carbonyl (C=O) groups is 1. The van der Waals surface area contributed by atoms with E-state index in [1.807, 2.05) is 0 Å². The van der Waals surface area contributed by atoms with Gasteiger partial charge in [-0.2, -0.15) is 0 Å². The minimum absolute atomic E-state index is 0.00226. The van der Waals surface area contributed by atoms with Gasteiger partial charge in [-0.15, -0.1) is 0 Å². The van der Waals surface area contributed by atoms with Crippen molar-refractivity contribution in [3.05, 3.63) is 62.2 Å². The molecule has 26 heavy (non-hydrogen) atoms. The quantitative estimate of drug-likeness (QED) is 0.592. The normalized spacial score (nSPS) is 10.1. The highest BCUT2D eigenvalue weighted by atomic mass is 16.6. The summed E-state index contributed by atoms with van der Waals surface area (Å²) in [4.78, 5) is 32.6. The van der Waals surface area contributed by atoms with Gasteiger partial charge < -0.3 is 14.8 Å². The van der Waals surface area contributed by atoms with Crippen molar-refractivity contribution in [1.82, 2.24) is 0 Å². The Morgan fingerprint density at radius 1 is 1.12 bits per heavy atom. The van der Waals surface area contributed by atoms with E-state index >= 15 is 0 Å². The molecule has 1 amide bonds. The molecule has 1 N–H and O–H groups in total. The maximum atomic E-state index is 12.0. The molecule has 136 valence electrons. The Morgan fingerprint density at radius 3 is 2.42 bits per heavy atom. The number of nitrogens with zero attached hydrogens (tertiary/aromatic N) is 2. The molecule has 0 fully saturated rings. The predicted molar refractivity (Wildman–Crippen MR) is 91.6 cm³/mol. The third kappa shape index (κ3) is 4.23. The Morgan fingerprint density at radius 2 is 1.81 bits per heavy atom. The third-order valence-electron chi connectivity index (χ3n) is 3.49. The lowest BCUT2D eigenvalue weighted by Gasteiger charge is -2.10. The fraction of sp³-hybridized carbons (Fsp3) is 0.188. The topological polar surface area (TPSA) is 134 Å². The molecule has 2 aromatic rings. The van der Waals surface area contributed by atoms with Crippen LogP contribution in [0, 0.1) is 27.2 Å². The van der Waals surface area contributed by atoms with Gasteiger partial charge in [0.05, 0.1) is 28.2 Å². The first-order chi connectivity index (χ1) is 12.3. The van der Waals surface area contributed by atoms with Crippen LogP contribution >= 0.6 is 0 Å². The standard InChI is InChI=1S/C16H15N3O7/c1-10-12(4-3-5-13(10)18(21)22)17-16(20)9-26-11-6-7-14(19(23)24)15(8-11)25-2/h3-8H,9H2,1-2H3,(H,17,20). The van der Waals surface area contributed by atoms with E-state index in [1.165, 1.54) is 50.4 Å². The fourth-order valence-electron chi connectivity index (χ4n) is 2.19. The number of hydrogen-bond donors (Lipinski definition) is 1. The number of rotatable bonds is 7. The monoisotopic (exact) mass is 361 g/mol. The van der Waals surface area contributed by atoms with E-state index in [2.05, 4.69) is 5.32 Å². The van der Waals surface area contributed by atoms with Crippen molar-refractivity contribution in [1.29, 1.82) is 0 Å². The molecule has 0 aliphatic heterocycles. The molecule has 2 rings (SSSR count). The number of anilines is 1. The lowest BCUT2D eigenvalue weighted by molar-refractivity contribution is -0.385. The van der Waals surface area contributed by atoms with Crippen LogP contribution in [0.2, 0.25) is 0 Å². The molecule has 0 radical (unpaired) electrons. The van der Waals surface area contributed by atoms with Crippen LogP contribution in [0.4, 0.5) is 17.1 Å². The molecule has 0 unspecified atom stereocenters. The molecule has 0 spiro atoms. The molecule has 0 heterocycles. The summed E-state index contributed by atoms with van der Waals surface area (Å²) in [5.41, 5.74) is 0.289. The summed E-state index contributed by atoms with van der Waals surface area (Å²) in [5, 5.41) is 24.3. The summed E-state index contributed by atoms with van der Waals surface area (Å²) in [5.74, 6) is -0.327. The number of nitro groups is 2. The van der Waals surface area contributed by atoms with Gasteiger partial charge in [-0.05, 0) is 19.1 Å². The highest BCUT2D eigenvalue weighted by molar-refractivity contribution is 5.93. The van der Waals surface area contributed by atoms with E-state index in [4.69, 9.17) is 9.47 Å². The predicted octanol–water partition coefficient (Wildman–Crippen LogP) is 2.84. The molecular weight excluding hydrogens is 346 g/mol. The number of hydrogen-bond acceptors (Lipinski definition) is 7. The summed E-state index contributed by atoms with van der Waals surface area (Å²) >= 11 is 0. The number of nitro benzene ring substituents is 2. The second kappa shape index (κ2) is 7.92. The van der Waals surface area contributed by atoms with E-state index in [0.717, 1.165) is 0 Å². The zero-order chi connectivity index (χ0) is 19.3. The van der Waals surface area contributed by atoms with Crippen molar-refractivity contribution in [2.24, 2.45) is 0 Å². The number of amides is 1. The minimum Gasteiger partial charge on any atom is -0.490 e. The first-order valence-corrected chi connectivity index (χ1v) is 7.32. The van der Waals surface area contributed by atoms with Crippen LogP contribution in [-0.2, 0) is 4.79 Å². The molecular formula is C16H15N3O7. The van der Waals surface area contributed by atoms with Crippen LogP contribution in [0.3, 0.4) is 0 Å². The molecule has 0 saturated carbocycles. The van der Waals surface area contributed by atoms with Crippen LogP contribution < -0.4 is 14.8 Å². The molecule has 10 nitrogen and oxygen atoms in total. The van der Waals surface area contributed by atoms with Crippen molar-refractivity contribution in [2.75, 3.05) is 19.0 Å². The van der Waals surface area contributed by atoms with Crippen LogP contribution in [-0.4, -0.2) is 29.5 Å². The first kappa shape index (κ1) is 18.6. The summed E-state index contributed by atoms with van der Waals surface area (Å²) in [6.45, 7) is 1.14. The van der Waals surface area contributed by atoms with E-state index in [0.29, 0.717) is 11.3 Å². The summed E-state index contributed by atoms with van der Waals surface area (Å²) in [6, 6.07) is 8.18. The molecule has 0 bridgehead atoms. The Labute approximate surface area is 147 Å². The largest absolute Gasteiger partial charge is 0.490 e. The van der Waals surface area contributed by atoms with Gasteiger partial charge in [-0.25, -0.2) is 0 Å². The van der Waals surface area contributed by atoms with Gasteiger partial charge in [-0.1, -0.05) is 6.07 Å². The molecule has 0 saturated heterocycles. The maximum Gasteiger partial charge on any atom is 0.311 e. The fourth-order valence-corrected chi connectivity index (χ4v) is 2.19. The highest BCUT2D eigenvalue weighted by Gasteiger charge is 2.17. The smallest absolute Gasteiger partial charge is 0.311 e. The average Bonchev–Trinajstić information content (AvgIpc) is 2.61. The third-order valence-corrected chi connectivity index (χ3v) is 3.49. The van der Waals surface area contributed by atoms with E-state index in [-0.39, 0.29) is 29.5 Å². The SMILES string of the molecule is COc1cc(OCC(=O)Nc2cccc([N+](=O)[O-])c2C)ccc1[N+](=O)[O-]. The van der Waals surface area contributed by atoms with Crippen molar-refractivity contribution in [3.63, 3.8) is 0 Å². The van der Waals surface area contributed by atoms with E-state index in [9.17, 15) is 25.0 Å². The Bertz CT molecular complexity index is 867. The van der Waals surface area contributed by atoms with Crippen molar-refractivity contribution in [2.45, 2.75) is 6.92 Å². The second-order valence-electron chi connectivity index (χ2n) is 5.13. The molecule has 10 heteroatoms. The van der Waals surface area contributed by atoms with Gasteiger partial charge in [0.25, 0.3) is 11.6 Å². The van der Waals surface area contributed by atoms with Gasteiger partial charge >= 0.3 is 5.69 Å². The number of benzene rings is 2. The highest BCUT2D eigenvalue weighted by Crippen LogP contribution is 2.31. The van der Waals surface area contributed by atoms with E-state index < -0.39 is 15.8 Å². The summed E-state index contributed by atoms with van der Waals surface area (Å²) < 4.78 is 10.2. The minimum atomic E-state index is -0.597. The zero-order valence-corrected chi connectivity index (χ0v) is 13.9. The maximum absolute atomic E-state index is 12.0. The van der Waals surface area contributed by atoms with Gasteiger partial charge in [0.1, 0.15) is 5.75 Å². The molecule has 0 aromatic heterocycles. The molecule has 2 aromatic carbocycles. The number of carbonyl (C=O) groups excluding carboxylic acids is 1. The Balaban J connectivity index is 2.05. The van der Waals surface area contributed by atoms with Crippen LogP contribution in [0.5, 0.6) is 11.5 Å². The first-order valence-electron chi connectivity index (χ1n) is 7.32. The molecule has 0 aliphatic carbocycles. The number of ether oxygens (including phenoxy) is 2. The molecule has 0 aliphatic rings. The molecule has 0 atom stereocenters. The van der Waals surface area contributed by atoms with Crippen molar-refractivity contribution >= 4 is 23.0 Å². The van der Waals surface area contributed by atoms with Crippen molar-refractivity contribution < 1.29 is 24.1 Å². The van der Waals surface area contributed by atoms with Crippen molar-refractivity contribution in [3.8, 4) is 11.5 Å². The summed E-state index contributed by atoms with van der Waals surface area (Å²) in [6.07, 6.45) is 0. The lowest BCUT2D eigenvalue weighted by atomic mass is 10.1. The van der Waals surface area contributed by atoms with Crippen LogP contribution in [0.15, 0.2) is 36.4 Å². The van der Waals surface area contributed by atoms with E-state index in [1.54, 1.807) is 0 Å². The Hall–Kier alpha value is -3.69. The zero-order valence-electron chi connectivity index (χ0n) is 13.9. The number of nitrogens with one attached hydrogen (secondary N) is 1. The van der Waals surface area contributed by atoms with Gasteiger partial charge in [0.2, 0.25) is 5.75 Å².